The molecule has 1 heterocycles. The Balaban J connectivity index is 2.47. The third-order valence-electron chi connectivity index (χ3n) is 2.46. The fourth-order valence-electron chi connectivity index (χ4n) is 1.71. The van der Waals surface area contributed by atoms with E-state index in [-0.39, 0.29) is 10.8 Å². The minimum atomic E-state index is -0.365. The van der Waals surface area contributed by atoms with Gasteiger partial charge in [0.15, 0.2) is 0 Å². The van der Waals surface area contributed by atoms with Gasteiger partial charge in [0.1, 0.15) is 5.82 Å². The van der Waals surface area contributed by atoms with Crippen molar-refractivity contribution in [3.8, 4) is 0 Å². The number of rotatable bonds is 1. The van der Waals surface area contributed by atoms with Gasteiger partial charge in [0.05, 0.1) is 16.4 Å². The Bertz CT molecular complexity index is 354. The maximum absolute atomic E-state index is 13.1. The van der Waals surface area contributed by atoms with Crippen molar-refractivity contribution in [2.24, 2.45) is 0 Å². The van der Waals surface area contributed by atoms with Gasteiger partial charge in [0.2, 0.25) is 0 Å². The van der Waals surface area contributed by atoms with Gasteiger partial charge in [-0.2, -0.15) is 0 Å². The van der Waals surface area contributed by atoms with Gasteiger partial charge in [-0.25, -0.2) is 4.39 Å². The molecule has 0 atom stereocenters. The Labute approximate surface area is 87.7 Å². The predicted molar refractivity (Wildman–Crippen MR) is 57.8 cm³/mol. The van der Waals surface area contributed by atoms with Crippen molar-refractivity contribution < 1.29 is 4.39 Å². The average molecular weight is 215 g/mol. The Kier molecular flexibility index (Phi) is 2.50. The van der Waals surface area contributed by atoms with Gasteiger partial charge in [-0.1, -0.05) is 11.6 Å². The van der Waals surface area contributed by atoms with Crippen LogP contribution < -0.4 is 10.2 Å². The quantitative estimate of drug-likeness (QED) is 0.774. The molecule has 1 aliphatic rings. The lowest BCUT2D eigenvalue weighted by Gasteiger charge is -2.31. The van der Waals surface area contributed by atoms with Crippen LogP contribution in [0, 0.1) is 5.82 Å². The summed E-state index contributed by atoms with van der Waals surface area (Å²) >= 11 is 5.74. The molecule has 2 rings (SSSR count). The number of nitrogens with one attached hydrogen (secondary N) is 1. The first-order valence-electron chi connectivity index (χ1n) is 4.70. The van der Waals surface area contributed by atoms with Crippen molar-refractivity contribution in [3.05, 3.63) is 23.0 Å². The lowest BCUT2D eigenvalue weighted by atomic mass is 10.2. The van der Waals surface area contributed by atoms with Crippen molar-refractivity contribution >= 4 is 23.0 Å². The second-order valence-electron chi connectivity index (χ2n) is 3.29. The van der Waals surface area contributed by atoms with E-state index < -0.39 is 0 Å². The van der Waals surface area contributed by atoms with Crippen LogP contribution in [0.15, 0.2) is 12.1 Å². The summed E-state index contributed by atoms with van der Waals surface area (Å²) in [4.78, 5) is 2.18. The molecule has 76 valence electrons. The first-order valence-corrected chi connectivity index (χ1v) is 5.08. The summed E-state index contributed by atoms with van der Waals surface area (Å²) in [7, 11) is 0. The van der Waals surface area contributed by atoms with E-state index in [0.29, 0.717) is 0 Å². The molecule has 0 spiro atoms. The van der Waals surface area contributed by atoms with Crippen molar-refractivity contribution in [1.29, 1.82) is 0 Å². The highest BCUT2D eigenvalue weighted by Crippen LogP contribution is 2.33. The zero-order valence-corrected chi connectivity index (χ0v) is 8.74. The van der Waals surface area contributed by atoms with Crippen LogP contribution in [0.2, 0.25) is 5.02 Å². The molecule has 0 radical (unpaired) electrons. The minimum absolute atomic E-state index is 0.186. The van der Waals surface area contributed by atoms with E-state index in [1.54, 1.807) is 6.07 Å². The second kappa shape index (κ2) is 3.65. The van der Waals surface area contributed by atoms with Gasteiger partial charge in [-0.05, 0) is 13.0 Å². The highest BCUT2D eigenvalue weighted by Gasteiger charge is 2.17. The Hall–Kier alpha value is -0.960. The highest BCUT2D eigenvalue weighted by atomic mass is 35.5. The van der Waals surface area contributed by atoms with Crippen molar-refractivity contribution in [2.75, 3.05) is 29.9 Å². The summed E-state index contributed by atoms with van der Waals surface area (Å²) in [5.74, 6) is -0.365. The van der Waals surface area contributed by atoms with E-state index in [1.807, 2.05) is 0 Å². The zero-order valence-electron chi connectivity index (χ0n) is 7.98. The minimum Gasteiger partial charge on any atom is -0.382 e. The van der Waals surface area contributed by atoms with Crippen LogP contribution in [-0.4, -0.2) is 19.6 Å². The molecule has 0 aliphatic carbocycles. The molecule has 0 unspecified atom stereocenters. The SMILES string of the molecule is CCN1CCNc2cc(F)c(Cl)cc21. The third kappa shape index (κ3) is 1.52. The first kappa shape index (κ1) is 9.59. The maximum Gasteiger partial charge on any atom is 0.143 e. The summed E-state index contributed by atoms with van der Waals surface area (Å²) in [5, 5.41) is 3.34. The molecule has 0 saturated carbocycles. The second-order valence-corrected chi connectivity index (χ2v) is 3.70. The Morgan fingerprint density at radius 2 is 2.36 bits per heavy atom. The summed E-state index contributed by atoms with van der Waals surface area (Å²) in [5.41, 5.74) is 1.82. The molecule has 14 heavy (non-hydrogen) atoms. The van der Waals surface area contributed by atoms with E-state index in [0.717, 1.165) is 31.0 Å². The van der Waals surface area contributed by atoms with Crippen LogP contribution in [0.5, 0.6) is 0 Å². The predicted octanol–water partition coefficient (Wildman–Crippen LogP) is 2.73. The summed E-state index contributed by atoms with van der Waals surface area (Å²) in [6.45, 7) is 4.77. The Morgan fingerprint density at radius 3 is 3.07 bits per heavy atom. The number of fused-ring (bicyclic) bond motifs is 1. The monoisotopic (exact) mass is 214 g/mol. The van der Waals surface area contributed by atoms with E-state index in [2.05, 4.69) is 17.1 Å². The lowest BCUT2D eigenvalue weighted by molar-refractivity contribution is 0.627. The van der Waals surface area contributed by atoms with Gasteiger partial charge >= 0.3 is 0 Å². The van der Waals surface area contributed by atoms with Crippen LogP contribution in [0.4, 0.5) is 15.8 Å². The number of anilines is 2. The van der Waals surface area contributed by atoms with Gasteiger partial charge < -0.3 is 10.2 Å². The van der Waals surface area contributed by atoms with Crippen LogP contribution in [-0.2, 0) is 0 Å². The van der Waals surface area contributed by atoms with E-state index in [9.17, 15) is 4.39 Å². The van der Waals surface area contributed by atoms with Gasteiger partial charge in [0.25, 0.3) is 0 Å². The van der Waals surface area contributed by atoms with E-state index in [1.165, 1.54) is 6.07 Å². The lowest BCUT2D eigenvalue weighted by Crippen LogP contribution is -2.33. The molecule has 1 aliphatic heterocycles. The highest BCUT2D eigenvalue weighted by molar-refractivity contribution is 6.31. The molecular formula is C10H12ClFN2. The molecule has 1 aromatic carbocycles. The van der Waals surface area contributed by atoms with Crippen molar-refractivity contribution in [3.63, 3.8) is 0 Å². The van der Waals surface area contributed by atoms with Gasteiger partial charge in [-0.3, -0.25) is 0 Å². The first-order chi connectivity index (χ1) is 6.72. The molecule has 0 bridgehead atoms. The molecule has 1 N–H and O–H groups in total. The van der Waals surface area contributed by atoms with Crippen LogP contribution >= 0.6 is 11.6 Å². The van der Waals surface area contributed by atoms with Crippen LogP contribution in [0.1, 0.15) is 6.92 Å². The Morgan fingerprint density at radius 1 is 1.57 bits per heavy atom. The number of likely N-dealkylation sites (N-methyl/N-ethyl adjacent to an activating group) is 1. The fraction of sp³-hybridized carbons (Fsp3) is 0.400. The number of hydrogen-bond acceptors (Lipinski definition) is 2. The normalized spacial score (nSPS) is 14.9. The number of halogens is 2. The molecule has 0 aromatic heterocycles. The van der Waals surface area contributed by atoms with Gasteiger partial charge in [-0.15, -0.1) is 0 Å². The number of nitrogens with zero attached hydrogens (tertiary/aromatic N) is 1. The van der Waals surface area contributed by atoms with E-state index >= 15 is 0 Å². The van der Waals surface area contributed by atoms with E-state index in [4.69, 9.17) is 11.6 Å². The van der Waals surface area contributed by atoms with Crippen LogP contribution in [0.25, 0.3) is 0 Å². The summed E-state index contributed by atoms with van der Waals surface area (Å²) in [6, 6.07) is 3.14. The number of hydrogen-bond donors (Lipinski definition) is 1. The average Bonchev–Trinajstić information content (AvgIpc) is 2.19. The third-order valence-corrected chi connectivity index (χ3v) is 2.75. The molecule has 0 saturated heterocycles. The smallest absolute Gasteiger partial charge is 0.143 e. The molecule has 4 heteroatoms. The summed E-state index contributed by atoms with van der Waals surface area (Å²) in [6.07, 6.45) is 0. The molecule has 0 fully saturated rings. The fourth-order valence-corrected chi connectivity index (χ4v) is 1.87. The summed E-state index contributed by atoms with van der Waals surface area (Å²) < 4.78 is 13.1. The molecule has 1 aromatic rings. The van der Waals surface area contributed by atoms with Gasteiger partial charge in [0, 0.05) is 25.7 Å². The zero-order chi connectivity index (χ0) is 10.1. The maximum atomic E-state index is 13.1. The standard InChI is InChI=1S/C10H12ClFN2/c1-2-14-4-3-13-9-6-8(12)7(11)5-10(9)14/h5-6,13H,2-4H2,1H3. The molecule has 2 nitrogen and oxygen atoms in total. The van der Waals surface area contributed by atoms with Crippen LogP contribution in [0.3, 0.4) is 0 Å². The molecule has 0 amide bonds. The largest absolute Gasteiger partial charge is 0.382 e. The topological polar surface area (TPSA) is 15.3 Å². The molecular weight excluding hydrogens is 203 g/mol. The number of benzene rings is 1. The van der Waals surface area contributed by atoms with Crippen molar-refractivity contribution in [2.45, 2.75) is 6.92 Å². The van der Waals surface area contributed by atoms with Crippen molar-refractivity contribution in [1.82, 2.24) is 0 Å².